The monoisotopic (exact) mass is 311 g/mol. The van der Waals surface area contributed by atoms with Gasteiger partial charge in [-0.05, 0) is 32.1 Å². The molecule has 0 aromatic heterocycles. The van der Waals surface area contributed by atoms with Crippen molar-refractivity contribution in [2.24, 2.45) is 5.92 Å². The average Bonchev–Trinajstić information content (AvgIpc) is 2.79. The Balaban J connectivity index is 2.29. The maximum absolute atomic E-state index is 12.6. The fraction of sp³-hybridized carbons (Fsp3) is 0.500. The molecule has 1 aliphatic rings. The molecular formula is C14H18ClN3O3. The van der Waals surface area contributed by atoms with E-state index in [2.05, 4.69) is 11.8 Å². The zero-order valence-electron chi connectivity index (χ0n) is 12.2. The second kappa shape index (κ2) is 5.99. The third kappa shape index (κ3) is 3.16. The van der Waals surface area contributed by atoms with E-state index < -0.39 is 4.92 Å². The van der Waals surface area contributed by atoms with Crippen LogP contribution in [0, 0.1) is 16.0 Å². The number of hydrogen-bond donors (Lipinski definition) is 0. The number of amides is 1. The quantitative estimate of drug-likeness (QED) is 0.634. The van der Waals surface area contributed by atoms with E-state index in [1.165, 1.54) is 18.2 Å². The highest BCUT2D eigenvalue weighted by Gasteiger charge is 2.36. The first-order chi connectivity index (χ1) is 9.81. The molecule has 0 radical (unpaired) electrons. The second-order valence-corrected chi connectivity index (χ2v) is 6.07. The van der Waals surface area contributed by atoms with Crippen LogP contribution in [0.3, 0.4) is 0 Å². The van der Waals surface area contributed by atoms with Crippen molar-refractivity contribution in [3.05, 3.63) is 38.9 Å². The minimum atomic E-state index is -0.549. The van der Waals surface area contributed by atoms with Gasteiger partial charge >= 0.3 is 0 Å². The Hall–Kier alpha value is -1.66. The molecular weight excluding hydrogens is 294 g/mol. The molecule has 1 amide bonds. The molecule has 2 rings (SSSR count). The van der Waals surface area contributed by atoms with Gasteiger partial charge in [-0.3, -0.25) is 14.9 Å². The zero-order chi connectivity index (χ0) is 15.7. The molecule has 0 bridgehead atoms. The number of halogens is 1. The number of nitrogens with zero attached hydrogens (tertiary/aromatic N) is 3. The van der Waals surface area contributed by atoms with Crippen LogP contribution in [0.25, 0.3) is 0 Å². The maximum atomic E-state index is 12.6. The van der Waals surface area contributed by atoms with Gasteiger partial charge in [0.1, 0.15) is 5.56 Å². The van der Waals surface area contributed by atoms with Crippen LogP contribution in [0.15, 0.2) is 18.2 Å². The molecule has 0 saturated carbocycles. The van der Waals surface area contributed by atoms with Gasteiger partial charge in [0, 0.05) is 30.2 Å². The molecule has 1 saturated heterocycles. The topological polar surface area (TPSA) is 66.7 Å². The third-order valence-electron chi connectivity index (χ3n) is 3.91. The smallest absolute Gasteiger partial charge is 0.282 e. The van der Waals surface area contributed by atoms with Crippen molar-refractivity contribution in [1.82, 2.24) is 9.80 Å². The second-order valence-electron chi connectivity index (χ2n) is 5.64. The molecule has 114 valence electrons. The van der Waals surface area contributed by atoms with Crippen LogP contribution in [0.5, 0.6) is 0 Å². The molecule has 0 aliphatic carbocycles. The van der Waals surface area contributed by atoms with Gasteiger partial charge in [0.25, 0.3) is 11.6 Å². The Morgan fingerprint density at radius 2 is 2.10 bits per heavy atom. The van der Waals surface area contributed by atoms with Gasteiger partial charge < -0.3 is 9.80 Å². The van der Waals surface area contributed by atoms with Crippen LogP contribution in [0.2, 0.25) is 5.02 Å². The van der Waals surface area contributed by atoms with Gasteiger partial charge in [-0.15, -0.1) is 0 Å². The lowest BCUT2D eigenvalue weighted by atomic mass is 10.1. The predicted molar refractivity (Wildman–Crippen MR) is 80.6 cm³/mol. The lowest BCUT2D eigenvalue weighted by molar-refractivity contribution is -0.385. The summed E-state index contributed by atoms with van der Waals surface area (Å²) in [7, 11) is 3.94. The Labute approximate surface area is 128 Å². The molecule has 1 aromatic rings. The normalized spacial score (nSPS) is 21.9. The molecule has 2 unspecified atom stereocenters. The SMILES string of the molecule is CC1CN(C(=O)c2cc(Cl)ccc2[N+](=O)[O-])CC1N(C)C. The Bertz CT molecular complexity index is 577. The Morgan fingerprint density at radius 1 is 1.43 bits per heavy atom. The molecule has 0 spiro atoms. The molecule has 1 aliphatic heterocycles. The van der Waals surface area contributed by atoms with E-state index in [1.807, 2.05) is 14.1 Å². The maximum Gasteiger partial charge on any atom is 0.282 e. The molecule has 7 heteroatoms. The zero-order valence-corrected chi connectivity index (χ0v) is 13.0. The molecule has 1 fully saturated rings. The van der Waals surface area contributed by atoms with Gasteiger partial charge in [0.15, 0.2) is 0 Å². The molecule has 21 heavy (non-hydrogen) atoms. The summed E-state index contributed by atoms with van der Waals surface area (Å²) in [6.45, 7) is 3.23. The lowest BCUT2D eigenvalue weighted by Crippen LogP contribution is -2.35. The first-order valence-electron chi connectivity index (χ1n) is 6.71. The van der Waals surface area contributed by atoms with E-state index in [1.54, 1.807) is 4.90 Å². The van der Waals surface area contributed by atoms with Crippen molar-refractivity contribution < 1.29 is 9.72 Å². The third-order valence-corrected chi connectivity index (χ3v) is 4.14. The van der Waals surface area contributed by atoms with Crippen molar-refractivity contribution in [3.8, 4) is 0 Å². The predicted octanol–water partition coefficient (Wildman–Crippen LogP) is 2.27. The molecule has 1 heterocycles. The van der Waals surface area contributed by atoms with Crippen molar-refractivity contribution in [2.75, 3.05) is 27.2 Å². The first-order valence-corrected chi connectivity index (χ1v) is 7.08. The summed E-state index contributed by atoms with van der Waals surface area (Å²) < 4.78 is 0. The number of likely N-dealkylation sites (N-methyl/N-ethyl adjacent to an activating group) is 1. The summed E-state index contributed by atoms with van der Waals surface area (Å²) in [5, 5.41) is 11.4. The minimum Gasteiger partial charge on any atom is -0.337 e. The number of nitro benzene ring substituents is 1. The summed E-state index contributed by atoms with van der Waals surface area (Å²) in [6.07, 6.45) is 0. The number of likely N-dealkylation sites (tertiary alicyclic amines) is 1. The van der Waals surface area contributed by atoms with Crippen LogP contribution in [-0.4, -0.2) is 53.9 Å². The number of carbonyl (C=O) groups excluding carboxylic acids is 1. The number of nitro groups is 1. The summed E-state index contributed by atoms with van der Waals surface area (Å²) >= 11 is 5.88. The summed E-state index contributed by atoms with van der Waals surface area (Å²) in [5.74, 6) is -0.0115. The lowest BCUT2D eigenvalue weighted by Gasteiger charge is -2.22. The van der Waals surface area contributed by atoms with Crippen LogP contribution in [0.4, 0.5) is 5.69 Å². The minimum absolute atomic E-state index is 0.0547. The van der Waals surface area contributed by atoms with Gasteiger partial charge in [0.2, 0.25) is 0 Å². The number of carbonyl (C=O) groups is 1. The summed E-state index contributed by atoms with van der Waals surface area (Å²) in [6, 6.07) is 4.33. The van der Waals surface area contributed by atoms with Crippen molar-refractivity contribution in [2.45, 2.75) is 13.0 Å². The van der Waals surface area contributed by atoms with Crippen LogP contribution in [0.1, 0.15) is 17.3 Å². The molecule has 2 atom stereocenters. The van der Waals surface area contributed by atoms with Crippen LogP contribution < -0.4 is 0 Å². The largest absolute Gasteiger partial charge is 0.337 e. The van der Waals surface area contributed by atoms with Crippen molar-refractivity contribution >= 4 is 23.2 Å². The Morgan fingerprint density at radius 3 is 2.62 bits per heavy atom. The highest BCUT2D eigenvalue weighted by Crippen LogP contribution is 2.27. The standard InChI is InChI=1S/C14H18ClN3O3/c1-9-7-17(8-13(9)16(2)3)14(19)11-6-10(15)4-5-12(11)18(20)21/h4-6,9,13H,7-8H2,1-3H3. The van der Waals surface area contributed by atoms with Crippen molar-refractivity contribution in [3.63, 3.8) is 0 Å². The highest BCUT2D eigenvalue weighted by atomic mass is 35.5. The molecule has 1 aromatic carbocycles. The number of hydrogen-bond acceptors (Lipinski definition) is 4. The number of rotatable bonds is 3. The fourth-order valence-corrected chi connectivity index (χ4v) is 2.97. The number of benzene rings is 1. The molecule has 0 N–H and O–H groups in total. The van der Waals surface area contributed by atoms with Crippen LogP contribution >= 0.6 is 11.6 Å². The first kappa shape index (κ1) is 15.7. The highest BCUT2D eigenvalue weighted by molar-refractivity contribution is 6.31. The van der Waals surface area contributed by atoms with Gasteiger partial charge in [0.05, 0.1) is 4.92 Å². The molecule has 6 nitrogen and oxygen atoms in total. The van der Waals surface area contributed by atoms with E-state index >= 15 is 0 Å². The summed E-state index contributed by atoms with van der Waals surface area (Å²) in [5.41, 5.74) is -0.149. The fourth-order valence-electron chi connectivity index (χ4n) is 2.80. The van der Waals surface area contributed by atoms with E-state index in [-0.39, 0.29) is 23.2 Å². The van der Waals surface area contributed by atoms with E-state index in [0.29, 0.717) is 24.0 Å². The van der Waals surface area contributed by atoms with E-state index in [4.69, 9.17) is 11.6 Å². The van der Waals surface area contributed by atoms with Gasteiger partial charge in [-0.2, -0.15) is 0 Å². The van der Waals surface area contributed by atoms with Gasteiger partial charge in [-0.25, -0.2) is 0 Å². The van der Waals surface area contributed by atoms with E-state index in [0.717, 1.165) is 0 Å². The average molecular weight is 312 g/mol. The Kier molecular flexibility index (Phi) is 4.49. The van der Waals surface area contributed by atoms with Gasteiger partial charge in [-0.1, -0.05) is 18.5 Å². The van der Waals surface area contributed by atoms with Crippen molar-refractivity contribution in [1.29, 1.82) is 0 Å². The summed E-state index contributed by atoms with van der Waals surface area (Å²) in [4.78, 5) is 26.8. The van der Waals surface area contributed by atoms with E-state index in [9.17, 15) is 14.9 Å². The van der Waals surface area contributed by atoms with Crippen LogP contribution in [-0.2, 0) is 0 Å².